The third-order valence-corrected chi connectivity index (χ3v) is 2.63. The van der Waals surface area contributed by atoms with Gasteiger partial charge in [-0.3, -0.25) is 19.7 Å². The van der Waals surface area contributed by atoms with Gasteiger partial charge in [0, 0.05) is 43.4 Å². The molecule has 19 heavy (non-hydrogen) atoms. The lowest BCUT2D eigenvalue weighted by Crippen LogP contribution is -2.35. The number of hydrogen-bond donors (Lipinski definition) is 1. The van der Waals surface area contributed by atoms with Crippen LogP contribution in [0.15, 0.2) is 43.1 Å². The molecule has 0 fully saturated rings. The van der Waals surface area contributed by atoms with Crippen molar-refractivity contribution >= 4 is 5.91 Å². The lowest BCUT2D eigenvalue weighted by Gasteiger charge is -2.13. The van der Waals surface area contributed by atoms with Crippen molar-refractivity contribution in [3.63, 3.8) is 0 Å². The highest BCUT2D eigenvalue weighted by atomic mass is 16.1. The minimum absolute atomic E-state index is 0.00982. The van der Waals surface area contributed by atoms with E-state index in [0.717, 1.165) is 11.3 Å². The van der Waals surface area contributed by atoms with Gasteiger partial charge < -0.3 is 5.32 Å². The number of carbonyl (C=O) groups excluding carboxylic acids is 1. The highest BCUT2D eigenvalue weighted by Crippen LogP contribution is 2.00. The van der Waals surface area contributed by atoms with Crippen LogP contribution in [0, 0.1) is 0 Å². The molecule has 0 aliphatic carbocycles. The maximum atomic E-state index is 11.8. The fourth-order valence-electron chi connectivity index (χ4n) is 1.81. The van der Waals surface area contributed by atoms with E-state index < -0.39 is 0 Å². The summed E-state index contributed by atoms with van der Waals surface area (Å²) >= 11 is 0. The standard InChI is InChI=1S/C14H16N4O/c1-11(7-13-10-16-5-6-17-13)18-14(19)8-12-3-2-4-15-9-12/h2-6,9-11H,7-8H2,1H3,(H,18,19)/t11-/m0/s1. The molecule has 0 aliphatic heterocycles. The van der Waals surface area contributed by atoms with Crippen LogP contribution in [0.3, 0.4) is 0 Å². The fraction of sp³-hybridized carbons (Fsp3) is 0.286. The smallest absolute Gasteiger partial charge is 0.224 e. The second-order valence-corrected chi connectivity index (χ2v) is 4.41. The van der Waals surface area contributed by atoms with Gasteiger partial charge in [0.1, 0.15) is 0 Å². The molecular formula is C14H16N4O. The molecule has 98 valence electrons. The summed E-state index contributed by atoms with van der Waals surface area (Å²) in [5.74, 6) is -0.00982. The highest BCUT2D eigenvalue weighted by molar-refractivity contribution is 5.78. The van der Waals surface area contributed by atoms with Crippen molar-refractivity contribution in [2.75, 3.05) is 0 Å². The molecule has 2 heterocycles. The molecular weight excluding hydrogens is 240 g/mol. The number of pyridine rings is 1. The molecule has 1 amide bonds. The number of amides is 1. The summed E-state index contributed by atoms with van der Waals surface area (Å²) in [5.41, 5.74) is 1.78. The first kappa shape index (κ1) is 13.1. The Morgan fingerprint density at radius 3 is 2.79 bits per heavy atom. The summed E-state index contributed by atoms with van der Waals surface area (Å²) in [5, 5.41) is 2.94. The van der Waals surface area contributed by atoms with Crippen LogP contribution in [0.2, 0.25) is 0 Å². The Labute approximate surface area is 112 Å². The maximum Gasteiger partial charge on any atom is 0.224 e. The number of aromatic nitrogens is 3. The minimum atomic E-state index is -0.00982. The van der Waals surface area contributed by atoms with E-state index in [1.54, 1.807) is 31.0 Å². The summed E-state index contributed by atoms with van der Waals surface area (Å²) in [6, 6.07) is 3.74. The Kier molecular flexibility index (Phi) is 4.55. The first-order valence-electron chi connectivity index (χ1n) is 6.17. The zero-order valence-corrected chi connectivity index (χ0v) is 10.8. The SMILES string of the molecule is C[C@@H](Cc1cnccn1)NC(=O)Cc1cccnc1. The van der Waals surface area contributed by atoms with E-state index in [9.17, 15) is 4.79 Å². The Bertz CT molecular complexity index is 515. The van der Waals surface area contributed by atoms with E-state index in [4.69, 9.17) is 0 Å². The zero-order chi connectivity index (χ0) is 13.5. The molecule has 5 heteroatoms. The average molecular weight is 256 g/mol. The predicted octanol–water partition coefficient (Wildman–Crippen LogP) is 1.16. The third kappa shape index (κ3) is 4.46. The number of nitrogens with zero attached hydrogens (tertiary/aromatic N) is 3. The van der Waals surface area contributed by atoms with Crippen LogP contribution in [-0.4, -0.2) is 26.9 Å². The topological polar surface area (TPSA) is 67.8 Å². The van der Waals surface area contributed by atoms with E-state index in [-0.39, 0.29) is 11.9 Å². The van der Waals surface area contributed by atoms with Crippen molar-refractivity contribution in [2.45, 2.75) is 25.8 Å². The average Bonchev–Trinajstić information content (AvgIpc) is 2.40. The summed E-state index contributed by atoms with van der Waals surface area (Å²) in [6.07, 6.45) is 9.41. The summed E-state index contributed by atoms with van der Waals surface area (Å²) < 4.78 is 0. The van der Waals surface area contributed by atoms with E-state index in [1.165, 1.54) is 0 Å². The first-order valence-corrected chi connectivity index (χ1v) is 6.17. The lowest BCUT2D eigenvalue weighted by atomic mass is 10.1. The minimum Gasteiger partial charge on any atom is -0.353 e. The van der Waals surface area contributed by atoms with Crippen molar-refractivity contribution in [3.8, 4) is 0 Å². The summed E-state index contributed by atoms with van der Waals surface area (Å²) in [7, 11) is 0. The molecule has 0 aromatic carbocycles. The summed E-state index contributed by atoms with van der Waals surface area (Å²) in [4.78, 5) is 24.0. The van der Waals surface area contributed by atoms with Crippen molar-refractivity contribution in [1.82, 2.24) is 20.3 Å². The molecule has 0 aliphatic rings. The van der Waals surface area contributed by atoms with Crippen LogP contribution in [0.4, 0.5) is 0 Å². The van der Waals surface area contributed by atoms with Crippen LogP contribution in [0.1, 0.15) is 18.2 Å². The van der Waals surface area contributed by atoms with Gasteiger partial charge in [-0.25, -0.2) is 0 Å². The fourth-order valence-corrected chi connectivity index (χ4v) is 1.81. The van der Waals surface area contributed by atoms with Gasteiger partial charge in [0.15, 0.2) is 0 Å². The molecule has 2 rings (SSSR count). The van der Waals surface area contributed by atoms with Crippen molar-refractivity contribution < 1.29 is 4.79 Å². The van der Waals surface area contributed by atoms with Gasteiger partial charge in [-0.1, -0.05) is 6.07 Å². The zero-order valence-electron chi connectivity index (χ0n) is 10.8. The van der Waals surface area contributed by atoms with Crippen LogP contribution < -0.4 is 5.32 Å². The molecule has 0 radical (unpaired) electrons. The second kappa shape index (κ2) is 6.58. The Hall–Kier alpha value is -2.30. The second-order valence-electron chi connectivity index (χ2n) is 4.41. The van der Waals surface area contributed by atoms with Crippen molar-refractivity contribution in [1.29, 1.82) is 0 Å². The van der Waals surface area contributed by atoms with E-state index in [1.807, 2.05) is 19.1 Å². The van der Waals surface area contributed by atoms with Crippen LogP contribution >= 0.6 is 0 Å². The molecule has 2 aromatic heterocycles. The Morgan fingerprint density at radius 1 is 1.26 bits per heavy atom. The Morgan fingerprint density at radius 2 is 2.11 bits per heavy atom. The van der Waals surface area contributed by atoms with Gasteiger partial charge in [-0.15, -0.1) is 0 Å². The predicted molar refractivity (Wildman–Crippen MR) is 71.3 cm³/mol. The van der Waals surface area contributed by atoms with Gasteiger partial charge in [0.05, 0.1) is 12.1 Å². The number of nitrogens with one attached hydrogen (secondary N) is 1. The molecule has 1 atom stereocenters. The van der Waals surface area contributed by atoms with Crippen LogP contribution in [0.25, 0.3) is 0 Å². The van der Waals surface area contributed by atoms with E-state index >= 15 is 0 Å². The monoisotopic (exact) mass is 256 g/mol. The van der Waals surface area contributed by atoms with Crippen molar-refractivity contribution in [3.05, 3.63) is 54.4 Å². The maximum absolute atomic E-state index is 11.8. The number of hydrogen-bond acceptors (Lipinski definition) is 4. The molecule has 1 N–H and O–H groups in total. The van der Waals surface area contributed by atoms with E-state index in [0.29, 0.717) is 12.8 Å². The largest absolute Gasteiger partial charge is 0.353 e. The quantitative estimate of drug-likeness (QED) is 0.871. The van der Waals surface area contributed by atoms with Gasteiger partial charge in [-0.2, -0.15) is 0 Å². The summed E-state index contributed by atoms with van der Waals surface area (Å²) in [6.45, 7) is 1.95. The molecule has 0 unspecified atom stereocenters. The molecule has 5 nitrogen and oxygen atoms in total. The van der Waals surface area contributed by atoms with Gasteiger partial charge >= 0.3 is 0 Å². The third-order valence-electron chi connectivity index (χ3n) is 2.63. The van der Waals surface area contributed by atoms with Crippen LogP contribution in [0.5, 0.6) is 0 Å². The highest BCUT2D eigenvalue weighted by Gasteiger charge is 2.09. The van der Waals surface area contributed by atoms with Crippen molar-refractivity contribution in [2.24, 2.45) is 0 Å². The number of rotatable bonds is 5. The molecule has 0 spiro atoms. The van der Waals surface area contributed by atoms with E-state index in [2.05, 4.69) is 20.3 Å². The molecule has 0 saturated carbocycles. The van der Waals surface area contributed by atoms with Crippen LogP contribution in [-0.2, 0) is 17.6 Å². The lowest BCUT2D eigenvalue weighted by molar-refractivity contribution is -0.121. The molecule has 0 saturated heterocycles. The normalized spacial score (nSPS) is 11.8. The molecule has 2 aromatic rings. The van der Waals surface area contributed by atoms with Gasteiger partial charge in [0.25, 0.3) is 0 Å². The first-order chi connectivity index (χ1) is 9.24. The molecule has 0 bridgehead atoms. The number of carbonyl (C=O) groups is 1. The van der Waals surface area contributed by atoms with Gasteiger partial charge in [0.2, 0.25) is 5.91 Å². The van der Waals surface area contributed by atoms with Gasteiger partial charge in [-0.05, 0) is 18.6 Å². The Balaban J connectivity index is 1.82.